The molecule has 2 rings (SSSR count). The highest BCUT2D eigenvalue weighted by atomic mass is 16.2. The highest BCUT2D eigenvalue weighted by molar-refractivity contribution is 5.80. The molecule has 2 aliphatic rings. The van der Waals surface area contributed by atoms with E-state index in [1.165, 1.54) is 0 Å². The van der Waals surface area contributed by atoms with Crippen LogP contribution in [0.3, 0.4) is 0 Å². The van der Waals surface area contributed by atoms with Crippen LogP contribution < -0.4 is 5.32 Å². The van der Waals surface area contributed by atoms with Crippen molar-refractivity contribution in [3.05, 3.63) is 0 Å². The van der Waals surface area contributed by atoms with Crippen molar-refractivity contribution in [3.8, 4) is 0 Å². The van der Waals surface area contributed by atoms with Gasteiger partial charge < -0.3 is 10.2 Å². The second kappa shape index (κ2) is 3.29. The van der Waals surface area contributed by atoms with Crippen LogP contribution in [-0.2, 0) is 4.79 Å². The quantitative estimate of drug-likeness (QED) is 0.667. The van der Waals surface area contributed by atoms with Gasteiger partial charge in [-0.1, -0.05) is 13.8 Å². The van der Waals surface area contributed by atoms with Gasteiger partial charge in [-0.2, -0.15) is 0 Å². The van der Waals surface area contributed by atoms with Crippen molar-refractivity contribution in [2.24, 2.45) is 17.8 Å². The molecule has 74 valence electrons. The molecule has 0 radical (unpaired) electrons. The lowest BCUT2D eigenvalue weighted by Gasteiger charge is -2.44. The molecule has 0 aromatic heterocycles. The zero-order valence-corrected chi connectivity index (χ0v) is 8.42. The first-order valence-electron chi connectivity index (χ1n) is 5.18. The van der Waals surface area contributed by atoms with Crippen molar-refractivity contribution in [2.75, 3.05) is 26.2 Å². The molecule has 0 spiro atoms. The molecule has 0 unspecified atom stereocenters. The summed E-state index contributed by atoms with van der Waals surface area (Å²) in [4.78, 5) is 13.7. The van der Waals surface area contributed by atoms with Crippen molar-refractivity contribution in [1.82, 2.24) is 10.2 Å². The van der Waals surface area contributed by atoms with Crippen LogP contribution in [0, 0.1) is 17.8 Å². The average Bonchev–Trinajstić information content (AvgIpc) is 1.76. The minimum absolute atomic E-state index is 0.285. The maximum Gasteiger partial charge on any atom is 0.228 e. The van der Waals surface area contributed by atoms with Gasteiger partial charge in [0.1, 0.15) is 0 Å². The fraction of sp³-hybridized carbons (Fsp3) is 0.900. The molecule has 2 fully saturated rings. The summed E-state index contributed by atoms with van der Waals surface area (Å²) in [6.07, 6.45) is 0. The molecule has 1 N–H and O–H groups in total. The molecule has 0 bridgehead atoms. The Morgan fingerprint density at radius 2 is 2.00 bits per heavy atom. The summed E-state index contributed by atoms with van der Waals surface area (Å²) in [7, 11) is 0. The van der Waals surface area contributed by atoms with E-state index in [1.807, 2.05) is 4.90 Å². The first-order valence-corrected chi connectivity index (χ1v) is 5.18. The largest absolute Gasteiger partial charge is 0.342 e. The van der Waals surface area contributed by atoms with Gasteiger partial charge in [0.25, 0.3) is 0 Å². The van der Waals surface area contributed by atoms with E-state index in [4.69, 9.17) is 0 Å². The number of rotatable bonds is 2. The van der Waals surface area contributed by atoms with E-state index >= 15 is 0 Å². The molecule has 0 aliphatic carbocycles. The molecule has 2 heterocycles. The van der Waals surface area contributed by atoms with E-state index < -0.39 is 0 Å². The maximum absolute atomic E-state index is 11.7. The van der Waals surface area contributed by atoms with Crippen LogP contribution in [0.4, 0.5) is 0 Å². The van der Waals surface area contributed by atoms with E-state index in [2.05, 4.69) is 19.2 Å². The fourth-order valence-corrected chi connectivity index (χ4v) is 1.84. The molecule has 0 atom stereocenters. The normalized spacial score (nSPS) is 24.4. The number of nitrogens with zero attached hydrogens (tertiary/aromatic N) is 1. The molecular formula is C10H18N2O. The number of likely N-dealkylation sites (tertiary alicyclic amines) is 1. The molecule has 1 amide bonds. The molecule has 3 heteroatoms. The van der Waals surface area contributed by atoms with Crippen molar-refractivity contribution >= 4 is 5.91 Å². The smallest absolute Gasteiger partial charge is 0.228 e. The van der Waals surface area contributed by atoms with Crippen LogP contribution in [0.1, 0.15) is 13.8 Å². The van der Waals surface area contributed by atoms with Gasteiger partial charge in [0.2, 0.25) is 5.91 Å². The molecule has 13 heavy (non-hydrogen) atoms. The molecular weight excluding hydrogens is 164 g/mol. The third kappa shape index (κ3) is 1.57. The summed E-state index contributed by atoms with van der Waals surface area (Å²) >= 11 is 0. The minimum Gasteiger partial charge on any atom is -0.342 e. The fourth-order valence-electron chi connectivity index (χ4n) is 1.84. The number of carbonyl (C=O) groups is 1. The van der Waals surface area contributed by atoms with Gasteiger partial charge in [0, 0.05) is 26.2 Å². The van der Waals surface area contributed by atoms with Crippen LogP contribution in [0.2, 0.25) is 0 Å². The maximum atomic E-state index is 11.7. The van der Waals surface area contributed by atoms with Gasteiger partial charge >= 0.3 is 0 Å². The summed E-state index contributed by atoms with van der Waals surface area (Å²) in [5.41, 5.74) is 0. The lowest BCUT2D eigenvalue weighted by atomic mass is 9.87. The van der Waals surface area contributed by atoms with Gasteiger partial charge in [-0.3, -0.25) is 4.79 Å². The molecule has 2 saturated heterocycles. The summed E-state index contributed by atoms with van der Waals surface area (Å²) in [5, 5.41) is 3.13. The first-order chi connectivity index (χ1) is 6.18. The van der Waals surface area contributed by atoms with Gasteiger partial charge in [-0.25, -0.2) is 0 Å². The summed E-state index contributed by atoms with van der Waals surface area (Å²) < 4.78 is 0. The van der Waals surface area contributed by atoms with Crippen LogP contribution in [0.5, 0.6) is 0 Å². The van der Waals surface area contributed by atoms with Crippen molar-refractivity contribution in [3.63, 3.8) is 0 Å². The minimum atomic E-state index is 0.285. The van der Waals surface area contributed by atoms with Crippen molar-refractivity contribution in [2.45, 2.75) is 13.8 Å². The van der Waals surface area contributed by atoms with E-state index in [1.54, 1.807) is 0 Å². The summed E-state index contributed by atoms with van der Waals surface area (Å²) in [6.45, 7) is 8.23. The number of nitrogens with one attached hydrogen (secondary N) is 1. The van der Waals surface area contributed by atoms with Crippen LogP contribution in [0.25, 0.3) is 0 Å². The van der Waals surface area contributed by atoms with E-state index in [-0.39, 0.29) is 5.92 Å². The Morgan fingerprint density at radius 1 is 1.38 bits per heavy atom. The lowest BCUT2D eigenvalue weighted by Crippen LogP contribution is -2.59. The number of amides is 1. The monoisotopic (exact) mass is 182 g/mol. The Hall–Kier alpha value is -0.570. The third-order valence-electron chi connectivity index (χ3n) is 3.29. The number of hydrogen-bond donors (Lipinski definition) is 1. The molecule has 3 nitrogen and oxygen atoms in total. The van der Waals surface area contributed by atoms with Crippen LogP contribution in [-0.4, -0.2) is 37.0 Å². The van der Waals surface area contributed by atoms with Crippen molar-refractivity contribution < 1.29 is 4.79 Å². The molecule has 0 aromatic carbocycles. The molecule has 2 aliphatic heterocycles. The van der Waals surface area contributed by atoms with Gasteiger partial charge in [-0.05, 0) is 11.8 Å². The molecule has 0 aromatic rings. The zero-order valence-electron chi connectivity index (χ0n) is 8.42. The summed E-state index contributed by atoms with van der Waals surface area (Å²) in [5.74, 6) is 2.13. The predicted octanol–water partition coefficient (Wildman–Crippen LogP) is 0.320. The molecule has 0 saturated carbocycles. The van der Waals surface area contributed by atoms with Crippen LogP contribution >= 0.6 is 0 Å². The Balaban J connectivity index is 1.76. The SMILES string of the molecule is CC(C)C1CN(C(=O)C2CNC2)C1. The topological polar surface area (TPSA) is 32.3 Å². The van der Waals surface area contributed by atoms with E-state index in [0.29, 0.717) is 5.91 Å². The Labute approximate surface area is 79.5 Å². The highest BCUT2D eigenvalue weighted by Crippen LogP contribution is 2.25. The Bertz CT molecular complexity index is 205. The lowest BCUT2D eigenvalue weighted by molar-refractivity contribution is -0.144. The van der Waals surface area contributed by atoms with E-state index in [0.717, 1.165) is 38.0 Å². The third-order valence-corrected chi connectivity index (χ3v) is 3.29. The van der Waals surface area contributed by atoms with Gasteiger partial charge in [-0.15, -0.1) is 0 Å². The zero-order chi connectivity index (χ0) is 9.42. The van der Waals surface area contributed by atoms with Crippen LogP contribution in [0.15, 0.2) is 0 Å². The second-order valence-electron chi connectivity index (χ2n) is 4.60. The van der Waals surface area contributed by atoms with Gasteiger partial charge in [0.05, 0.1) is 5.92 Å². The standard InChI is InChI=1S/C10H18N2O/c1-7(2)9-5-12(6-9)10(13)8-3-11-4-8/h7-9,11H,3-6H2,1-2H3. The van der Waals surface area contributed by atoms with Crippen molar-refractivity contribution in [1.29, 1.82) is 0 Å². The Kier molecular flexibility index (Phi) is 2.28. The summed E-state index contributed by atoms with van der Waals surface area (Å²) in [6, 6.07) is 0. The first kappa shape index (κ1) is 9.00. The van der Waals surface area contributed by atoms with Gasteiger partial charge in [0.15, 0.2) is 0 Å². The second-order valence-corrected chi connectivity index (χ2v) is 4.60. The number of carbonyl (C=O) groups excluding carboxylic acids is 1. The average molecular weight is 182 g/mol. The Morgan fingerprint density at radius 3 is 2.38 bits per heavy atom. The van der Waals surface area contributed by atoms with E-state index in [9.17, 15) is 4.79 Å². The number of hydrogen-bond acceptors (Lipinski definition) is 2. The predicted molar refractivity (Wildman–Crippen MR) is 51.3 cm³/mol. The highest BCUT2D eigenvalue weighted by Gasteiger charge is 2.37.